The zero-order chi connectivity index (χ0) is 21.9. The first kappa shape index (κ1) is 24.2. The molecule has 0 spiro atoms. The molecule has 2 rings (SSSR count). The zero-order valence-electron chi connectivity index (χ0n) is 19.4. The molecule has 0 aliphatic carbocycles. The van der Waals surface area contributed by atoms with Crippen molar-refractivity contribution in [2.24, 2.45) is 11.8 Å². The molecule has 4 atom stereocenters. The molecule has 4 nitrogen and oxygen atoms in total. The molecule has 0 radical (unpaired) electrons. The van der Waals surface area contributed by atoms with Crippen LogP contribution in [0.1, 0.15) is 51.7 Å². The molecule has 2 aromatic carbocycles. The fourth-order valence-corrected chi connectivity index (χ4v) is 3.46. The Morgan fingerprint density at radius 2 is 0.933 bits per heavy atom. The van der Waals surface area contributed by atoms with Crippen molar-refractivity contribution in [3.05, 3.63) is 59.7 Å². The molecule has 2 unspecified atom stereocenters. The lowest BCUT2D eigenvalue weighted by molar-refractivity contribution is -0.127. The SMILES string of the molecule is CCC(C)[C@@H](OCc1ccc(OC)cc1)C(OCc1ccc(OC)cc1)[C@H](C)CC. The highest BCUT2D eigenvalue weighted by atomic mass is 16.5. The molecule has 0 saturated carbocycles. The van der Waals surface area contributed by atoms with Crippen molar-refractivity contribution in [2.75, 3.05) is 14.2 Å². The van der Waals surface area contributed by atoms with Gasteiger partial charge in [-0.3, -0.25) is 0 Å². The van der Waals surface area contributed by atoms with Crippen LogP contribution in [0.5, 0.6) is 11.5 Å². The maximum Gasteiger partial charge on any atom is 0.118 e. The minimum absolute atomic E-state index is 0.0327. The van der Waals surface area contributed by atoms with Crippen LogP contribution in [-0.4, -0.2) is 26.4 Å². The Balaban J connectivity index is 2.10. The summed E-state index contributed by atoms with van der Waals surface area (Å²) < 4.78 is 23.5. The first-order chi connectivity index (χ1) is 14.5. The normalized spacial score (nSPS) is 15.3. The van der Waals surface area contributed by atoms with Crippen LogP contribution in [0.15, 0.2) is 48.5 Å². The van der Waals surface area contributed by atoms with E-state index in [0.29, 0.717) is 25.0 Å². The molecule has 0 bridgehead atoms. The Labute approximate surface area is 182 Å². The van der Waals surface area contributed by atoms with Crippen molar-refractivity contribution >= 4 is 0 Å². The van der Waals surface area contributed by atoms with Crippen molar-refractivity contribution in [3.8, 4) is 11.5 Å². The van der Waals surface area contributed by atoms with Crippen molar-refractivity contribution in [1.29, 1.82) is 0 Å². The molecule has 30 heavy (non-hydrogen) atoms. The molecule has 166 valence electrons. The van der Waals surface area contributed by atoms with E-state index in [1.54, 1.807) is 14.2 Å². The number of methoxy groups -OCH3 is 2. The lowest BCUT2D eigenvalue weighted by Crippen LogP contribution is -2.41. The molecule has 0 aliphatic rings. The van der Waals surface area contributed by atoms with Crippen LogP contribution in [0.2, 0.25) is 0 Å². The number of hydrogen-bond acceptors (Lipinski definition) is 4. The van der Waals surface area contributed by atoms with Gasteiger partial charge in [0.25, 0.3) is 0 Å². The van der Waals surface area contributed by atoms with Gasteiger partial charge in [-0.1, -0.05) is 64.8 Å². The topological polar surface area (TPSA) is 36.9 Å². The van der Waals surface area contributed by atoms with E-state index >= 15 is 0 Å². The monoisotopic (exact) mass is 414 g/mol. The molecule has 2 aromatic rings. The number of ether oxygens (including phenoxy) is 4. The Bertz CT molecular complexity index is 647. The van der Waals surface area contributed by atoms with E-state index in [-0.39, 0.29) is 12.2 Å². The first-order valence-electron chi connectivity index (χ1n) is 11.0. The number of hydrogen-bond donors (Lipinski definition) is 0. The zero-order valence-corrected chi connectivity index (χ0v) is 19.4. The van der Waals surface area contributed by atoms with Crippen molar-refractivity contribution < 1.29 is 18.9 Å². The summed E-state index contributed by atoms with van der Waals surface area (Å²) in [5, 5.41) is 0. The van der Waals surface area contributed by atoms with E-state index in [2.05, 4.69) is 52.0 Å². The highest BCUT2D eigenvalue weighted by molar-refractivity contribution is 5.27. The molecule has 0 amide bonds. The summed E-state index contributed by atoms with van der Waals surface area (Å²) in [6, 6.07) is 16.1. The summed E-state index contributed by atoms with van der Waals surface area (Å²) in [6.45, 7) is 10.1. The van der Waals surface area contributed by atoms with Crippen LogP contribution in [-0.2, 0) is 22.7 Å². The predicted octanol–water partition coefficient (Wildman–Crippen LogP) is 6.27. The second kappa shape index (κ2) is 12.6. The Morgan fingerprint density at radius 1 is 0.600 bits per heavy atom. The molecule has 0 heterocycles. The van der Waals surface area contributed by atoms with Crippen LogP contribution >= 0.6 is 0 Å². The maximum atomic E-state index is 6.48. The summed E-state index contributed by atoms with van der Waals surface area (Å²) in [5.41, 5.74) is 2.28. The van der Waals surface area contributed by atoms with E-state index in [1.807, 2.05) is 24.3 Å². The van der Waals surface area contributed by atoms with E-state index in [4.69, 9.17) is 18.9 Å². The van der Waals surface area contributed by atoms with Gasteiger partial charge >= 0.3 is 0 Å². The molecule has 0 aromatic heterocycles. The van der Waals surface area contributed by atoms with Crippen LogP contribution in [0.4, 0.5) is 0 Å². The van der Waals surface area contributed by atoms with Gasteiger partial charge in [-0.25, -0.2) is 0 Å². The number of benzene rings is 2. The summed E-state index contributed by atoms with van der Waals surface area (Å²) in [5.74, 6) is 2.52. The third kappa shape index (κ3) is 7.03. The first-order valence-corrected chi connectivity index (χ1v) is 11.0. The van der Waals surface area contributed by atoms with E-state index in [1.165, 1.54) is 0 Å². The highest BCUT2D eigenvalue weighted by Gasteiger charge is 2.31. The Hall–Kier alpha value is -2.04. The van der Waals surface area contributed by atoms with Gasteiger partial charge in [0.1, 0.15) is 11.5 Å². The summed E-state index contributed by atoms with van der Waals surface area (Å²) in [6.07, 6.45) is 2.16. The van der Waals surface area contributed by atoms with Crippen molar-refractivity contribution in [1.82, 2.24) is 0 Å². The molecule has 0 fully saturated rings. The fourth-order valence-electron chi connectivity index (χ4n) is 3.46. The van der Waals surface area contributed by atoms with Crippen LogP contribution in [0.3, 0.4) is 0 Å². The van der Waals surface area contributed by atoms with Crippen LogP contribution in [0, 0.1) is 11.8 Å². The predicted molar refractivity (Wildman–Crippen MR) is 122 cm³/mol. The quantitative estimate of drug-likeness (QED) is 0.387. The van der Waals surface area contributed by atoms with Gasteiger partial charge in [-0.15, -0.1) is 0 Å². The summed E-state index contributed by atoms with van der Waals surface area (Å²) >= 11 is 0. The smallest absolute Gasteiger partial charge is 0.118 e. The highest BCUT2D eigenvalue weighted by Crippen LogP contribution is 2.27. The van der Waals surface area contributed by atoms with E-state index in [0.717, 1.165) is 35.5 Å². The van der Waals surface area contributed by atoms with Crippen LogP contribution < -0.4 is 9.47 Å². The maximum absolute atomic E-state index is 6.48. The van der Waals surface area contributed by atoms with Crippen LogP contribution in [0.25, 0.3) is 0 Å². The number of rotatable bonds is 13. The van der Waals surface area contributed by atoms with E-state index in [9.17, 15) is 0 Å². The van der Waals surface area contributed by atoms with Gasteiger partial charge in [0.2, 0.25) is 0 Å². The summed E-state index contributed by atoms with van der Waals surface area (Å²) in [7, 11) is 3.36. The fraction of sp³-hybridized carbons (Fsp3) is 0.538. The molecular formula is C26H38O4. The van der Waals surface area contributed by atoms with Gasteiger partial charge < -0.3 is 18.9 Å². The lowest BCUT2D eigenvalue weighted by atomic mass is 9.88. The lowest BCUT2D eigenvalue weighted by Gasteiger charge is -2.35. The third-order valence-electron chi connectivity index (χ3n) is 5.94. The Morgan fingerprint density at radius 3 is 1.20 bits per heavy atom. The third-order valence-corrected chi connectivity index (χ3v) is 5.94. The minimum Gasteiger partial charge on any atom is -0.497 e. The van der Waals surface area contributed by atoms with E-state index < -0.39 is 0 Å². The second-order valence-corrected chi connectivity index (χ2v) is 8.02. The molecular weight excluding hydrogens is 376 g/mol. The average Bonchev–Trinajstić information content (AvgIpc) is 2.80. The standard InChI is InChI=1S/C26H38O4/c1-7-19(3)25(29-17-21-9-13-23(27-5)14-10-21)26(20(4)8-2)30-18-22-11-15-24(28-6)16-12-22/h9-16,19-20,25-26H,7-8,17-18H2,1-6H3/t19-,20?,25?,26-/m1/s1. The second-order valence-electron chi connectivity index (χ2n) is 8.02. The minimum atomic E-state index is 0.0327. The molecule has 4 heteroatoms. The molecule has 0 aliphatic heterocycles. The van der Waals surface area contributed by atoms with Gasteiger partial charge in [0.15, 0.2) is 0 Å². The molecule has 0 N–H and O–H groups in total. The van der Waals surface area contributed by atoms with Crippen molar-refractivity contribution in [3.63, 3.8) is 0 Å². The molecule has 0 saturated heterocycles. The Kier molecular flexibility index (Phi) is 10.2. The summed E-state index contributed by atoms with van der Waals surface area (Å²) in [4.78, 5) is 0. The van der Waals surface area contributed by atoms with Gasteiger partial charge in [-0.05, 0) is 47.2 Å². The van der Waals surface area contributed by atoms with Gasteiger partial charge in [0, 0.05) is 0 Å². The largest absolute Gasteiger partial charge is 0.497 e. The van der Waals surface area contributed by atoms with Gasteiger partial charge in [-0.2, -0.15) is 0 Å². The average molecular weight is 415 g/mol. The van der Waals surface area contributed by atoms with Crippen molar-refractivity contribution in [2.45, 2.75) is 66.0 Å². The van der Waals surface area contributed by atoms with Gasteiger partial charge in [0.05, 0.1) is 39.6 Å².